The summed E-state index contributed by atoms with van der Waals surface area (Å²) in [6, 6.07) is 13.4. The smallest absolute Gasteiger partial charge is 0.366 e. The minimum atomic E-state index is -5.10. The van der Waals surface area contributed by atoms with E-state index in [-0.39, 0.29) is 19.3 Å². The molecule has 1 saturated carbocycles. The lowest BCUT2D eigenvalue weighted by Crippen LogP contribution is -2.41. The molecule has 0 saturated heterocycles. The summed E-state index contributed by atoms with van der Waals surface area (Å²) >= 11 is 13.0. The van der Waals surface area contributed by atoms with Crippen LogP contribution < -0.4 is 4.31 Å². The van der Waals surface area contributed by atoms with Crippen LogP contribution in [0.2, 0.25) is 8.67 Å². The molecule has 0 radical (unpaired) electrons. The number of anilines is 1. The molecular formula is C25H20Cl2F3NO3S2. The van der Waals surface area contributed by atoms with Gasteiger partial charge in [0.15, 0.2) is 0 Å². The van der Waals surface area contributed by atoms with Gasteiger partial charge >= 0.3 is 6.18 Å². The summed E-state index contributed by atoms with van der Waals surface area (Å²) < 4.78 is 70.5. The molecule has 1 atom stereocenters. The quantitative estimate of drug-likeness (QED) is 0.334. The lowest BCUT2D eigenvalue weighted by molar-refractivity contribution is -0.240. The van der Waals surface area contributed by atoms with Crippen LogP contribution in [0.25, 0.3) is 0 Å². The first-order valence-electron chi connectivity index (χ1n) is 10.9. The number of benzene rings is 2. The number of rotatable bonds is 5. The number of hydrogen-bond donors (Lipinski definition) is 1. The maximum atomic E-state index is 14.0. The van der Waals surface area contributed by atoms with Gasteiger partial charge in [-0.2, -0.15) is 13.2 Å². The van der Waals surface area contributed by atoms with Crippen LogP contribution >= 0.6 is 34.5 Å². The molecule has 0 amide bonds. The molecule has 1 N–H and O–H groups in total. The van der Waals surface area contributed by atoms with Crippen LogP contribution in [0, 0.1) is 11.8 Å². The number of sulfonamides is 1. The van der Waals surface area contributed by atoms with Crippen LogP contribution in [0.4, 0.5) is 18.9 Å². The molecule has 1 aliphatic rings. The van der Waals surface area contributed by atoms with E-state index in [1.165, 1.54) is 34.6 Å². The van der Waals surface area contributed by atoms with Gasteiger partial charge in [-0.15, -0.1) is 11.3 Å². The van der Waals surface area contributed by atoms with E-state index in [4.69, 9.17) is 23.2 Å². The molecule has 0 aliphatic heterocycles. The summed E-state index contributed by atoms with van der Waals surface area (Å²) in [6.07, 6.45) is -2.29. The zero-order valence-electron chi connectivity index (χ0n) is 18.6. The van der Waals surface area contributed by atoms with Gasteiger partial charge in [-0.25, -0.2) is 8.42 Å². The van der Waals surface area contributed by atoms with Crippen LogP contribution in [0.15, 0.2) is 65.6 Å². The monoisotopic (exact) mass is 573 g/mol. The summed E-state index contributed by atoms with van der Waals surface area (Å²) in [5.74, 6) is 4.33. The molecule has 3 aromatic rings. The van der Waals surface area contributed by atoms with Gasteiger partial charge in [0.25, 0.3) is 10.0 Å². The van der Waals surface area contributed by atoms with Crippen molar-refractivity contribution in [1.29, 1.82) is 0 Å². The van der Waals surface area contributed by atoms with E-state index < -0.39 is 33.4 Å². The number of nitrogens with zero attached hydrogens (tertiary/aromatic N) is 1. The van der Waals surface area contributed by atoms with E-state index in [1.807, 2.05) is 5.92 Å². The van der Waals surface area contributed by atoms with Gasteiger partial charge in [-0.05, 0) is 49.1 Å². The van der Waals surface area contributed by atoms with Crippen molar-refractivity contribution < 1.29 is 26.7 Å². The number of aliphatic hydroxyl groups is 1. The molecule has 190 valence electrons. The molecule has 1 unspecified atom stereocenters. The Balaban J connectivity index is 1.76. The zero-order valence-corrected chi connectivity index (χ0v) is 21.7. The largest absolute Gasteiger partial charge is 0.433 e. The molecular weight excluding hydrogens is 554 g/mol. The Morgan fingerprint density at radius 3 is 2.14 bits per heavy atom. The van der Waals surface area contributed by atoms with E-state index in [1.54, 1.807) is 18.2 Å². The molecule has 0 bridgehead atoms. The third-order valence-corrected chi connectivity index (χ3v) is 9.56. The Bertz CT molecular complexity index is 1390. The van der Waals surface area contributed by atoms with Crippen LogP contribution in [0.3, 0.4) is 0 Å². The molecule has 1 aromatic heterocycles. The molecule has 11 heteroatoms. The lowest BCUT2D eigenvalue weighted by Gasteiger charge is -2.31. The predicted molar refractivity (Wildman–Crippen MR) is 136 cm³/mol. The summed E-state index contributed by atoms with van der Waals surface area (Å²) in [5, 5.41) is 10.6. The van der Waals surface area contributed by atoms with Crippen LogP contribution in [-0.4, -0.2) is 25.7 Å². The van der Waals surface area contributed by atoms with Crippen molar-refractivity contribution in [2.24, 2.45) is 0 Å². The van der Waals surface area contributed by atoms with Gasteiger partial charge in [0.2, 0.25) is 5.60 Å². The molecule has 4 nitrogen and oxygen atoms in total. The number of thiophene rings is 1. The molecule has 1 heterocycles. The highest BCUT2D eigenvalue weighted by Crippen LogP contribution is 2.42. The highest BCUT2D eigenvalue weighted by Gasteiger charge is 2.54. The second-order valence-electron chi connectivity index (χ2n) is 8.30. The van der Waals surface area contributed by atoms with Gasteiger partial charge in [-0.1, -0.05) is 72.3 Å². The van der Waals surface area contributed by atoms with Crippen LogP contribution in [-0.2, 0) is 15.6 Å². The molecule has 2 aromatic carbocycles. The van der Waals surface area contributed by atoms with E-state index in [9.17, 15) is 26.7 Å². The molecule has 36 heavy (non-hydrogen) atoms. The number of hydrogen-bond acceptors (Lipinski definition) is 4. The maximum Gasteiger partial charge on any atom is 0.433 e. The standard InChI is InChI=1S/C25H20Cl2F3NO3S2/c26-22-16-21(23(27)35-22)36(33,34)31(19-8-4-5-9-19)20-12-10-18(11-13-20)24(32,25(28,29)30)15-14-17-6-2-1-3-7-17/h1-3,6-7,10-13,16,19,32H,4-5,8-9H2. The summed E-state index contributed by atoms with van der Waals surface area (Å²) in [7, 11) is -4.16. The number of halogens is 5. The van der Waals surface area contributed by atoms with Crippen LogP contribution in [0.5, 0.6) is 0 Å². The fourth-order valence-corrected chi connectivity index (χ4v) is 7.96. The topological polar surface area (TPSA) is 57.6 Å². The van der Waals surface area contributed by atoms with Crippen LogP contribution in [0.1, 0.15) is 36.8 Å². The summed E-state index contributed by atoms with van der Waals surface area (Å²) in [5.41, 5.74) is -3.52. The van der Waals surface area contributed by atoms with E-state index in [0.29, 0.717) is 18.4 Å². The van der Waals surface area contributed by atoms with E-state index >= 15 is 0 Å². The van der Waals surface area contributed by atoms with Gasteiger partial charge in [0.05, 0.1) is 10.0 Å². The third-order valence-electron chi connectivity index (χ3n) is 5.93. The first kappa shape index (κ1) is 26.8. The first-order valence-corrected chi connectivity index (χ1v) is 13.9. The third kappa shape index (κ3) is 5.24. The normalized spacial score (nSPS) is 16.3. The average Bonchev–Trinajstić information content (AvgIpc) is 3.47. The summed E-state index contributed by atoms with van der Waals surface area (Å²) in [4.78, 5) is -0.157. The second kappa shape index (κ2) is 10.3. The Morgan fingerprint density at radius 1 is 1.00 bits per heavy atom. The van der Waals surface area contributed by atoms with Crippen molar-refractivity contribution in [1.82, 2.24) is 0 Å². The fourth-order valence-electron chi connectivity index (χ4n) is 4.13. The highest BCUT2D eigenvalue weighted by molar-refractivity contribution is 7.93. The maximum absolute atomic E-state index is 14.0. The van der Waals surface area contributed by atoms with Crippen molar-refractivity contribution in [3.63, 3.8) is 0 Å². The SMILES string of the molecule is O=S(=O)(c1cc(Cl)sc1Cl)N(c1ccc(C(O)(C#Cc2ccccc2)C(F)(F)F)cc1)C1CCCC1. The predicted octanol–water partition coefficient (Wildman–Crippen LogP) is 6.99. The molecule has 0 spiro atoms. The lowest BCUT2D eigenvalue weighted by atomic mass is 9.93. The molecule has 4 rings (SSSR count). The minimum absolute atomic E-state index is 0.00208. The van der Waals surface area contributed by atoms with Gasteiger partial charge in [0, 0.05) is 17.2 Å². The average molecular weight is 574 g/mol. The van der Waals surface area contributed by atoms with Crippen molar-refractivity contribution >= 4 is 50.2 Å². The Morgan fingerprint density at radius 2 is 1.61 bits per heavy atom. The Hall–Kier alpha value is -2.22. The van der Waals surface area contributed by atoms with Crippen molar-refractivity contribution in [3.05, 3.63) is 80.5 Å². The Kier molecular flexibility index (Phi) is 7.65. The van der Waals surface area contributed by atoms with Gasteiger partial charge in [0.1, 0.15) is 9.23 Å². The Labute approximate surface area is 221 Å². The highest BCUT2D eigenvalue weighted by atomic mass is 35.5. The number of alkyl halides is 3. The minimum Gasteiger partial charge on any atom is -0.366 e. The van der Waals surface area contributed by atoms with Crippen molar-refractivity contribution in [3.8, 4) is 11.8 Å². The zero-order chi connectivity index (χ0) is 26.1. The van der Waals surface area contributed by atoms with Gasteiger partial charge in [-0.3, -0.25) is 4.31 Å². The van der Waals surface area contributed by atoms with Gasteiger partial charge < -0.3 is 5.11 Å². The molecule has 1 fully saturated rings. The van der Waals surface area contributed by atoms with Crippen molar-refractivity contribution in [2.75, 3.05) is 4.31 Å². The second-order valence-corrected chi connectivity index (χ2v) is 12.4. The van der Waals surface area contributed by atoms with E-state index in [2.05, 4.69) is 5.92 Å². The fraction of sp³-hybridized carbons (Fsp3) is 0.280. The van der Waals surface area contributed by atoms with Crippen molar-refractivity contribution in [2.45, 2.75) is 48.4 Å². The summed E-state index contributed by atoms with van der Waals surface area (Å²) in [6.45, 7) is 0. The van der Waals surface area contributed by atoms with E-state index in [0.717, 1.165) is 36.3 Å². The first-order chi connectivity index (χ1) is 16.9. The molecule has 1 aliphatic carbocycles.